The number of nitrogens with one attached hydrogen (secondary N) is 1. The summed E-state index contributed by atoms with van der Waals surface area (Å²) in [7, 11) is 0. The third-order valence-corrected chi connectivity index (χ3v) is 5.53. The standard InChI is InChI=1S/C22H23N5OS/c1-13(2)19-11-17(18-12-24-27(14(3)4)20(18)26-19)21(28)25-16-7-5-6-15(10-16)22-23-8-9-29-22/h5-14H,1-4H3,(H,25,28). The number of pyridine rings is 1. The lowest BCUT2D eigenvalue weighted by Gasteiger charge is -2.12. The monoisotopic (exact) mass is 405 g/mol. The van der Waals surface area contributed by atoms with Gasteiger partial charge >= 0.3 is 0 Å². The molecule has 0 saturated carbocycles. The Morgan fingerprint density at radius 3 is 2.69 bits per heavy atom. The average molecular weight is 406 g/mol. The molecule has 0 aliphatic rings. The second kappa shape index (κ2) is 7.75. The maximum Gasteiger partial charge on any atom is 0.256 e. The molecule has 3 heterocycles. The summed E-state index contributed by atoms with van der Waals surface area (Å²) in [4.78, 5) is 22.3. The summed E-state index contributed by atoms with van der Waals surface area (Å²) in [5.74, 6) is 0.0357. The second-order valence-corrected chi connectivity index (χ2v) is 8.44. The van der Waals surface area contributed by atoms with Gasteiger partial charge in [-0.3, -0.25) is 4.79 Å². The summed E-state index contributed by atoms with van der Waals surface area (Å²) in [5.41, 5.74) is 3.92. The lowest BCUT2D eigenvalue weighted by Crippen LogP contribution is -2.14. The van der Waals surface area contributed by atoms with E-state index in [9.17, 15) is 4.79 Å². The van der Waals surface area contributed by atoms with Gasteiger partial charge in [-0.15, -0.1) is 11.3 Å². The van der Waals surface area contributed by atoms with E-state index >= 15 is 0 Å². The minimum atomic E-state index is -0.168. The van der Waals surface area contributed by atoms with E-state index in [-0.39, 0.29) is 17.9 Å². The number of carbonyl (C=O) groups is 1. The van der Waals surface area contributed by atoms with Crippen LogP contribution in [0.3, 0.4) is 0 Å². The van der Waals surface area contributed by atoms with Gasteiger partial charge in [0.15, 0.2) is 5.65 Å². The van der Waals surface area contributed by atoms with Crippen molar-refractivity contribution in [2.24, 2.45) is 0 Å². The maximum absolute atomic E-state index is 13.2. The van der Waals surface area contributed by atoms with E-state index in [0.717, 1.165) is 33.0 Å². The van der Waals surface area contributed by atoms with Crippen LogP contribution < -0.4 is 5.32 Å². The molecule has 0 bridgehead atoms. The van der Waals surface area contributed by atoms with E-state index in [1.54, 1.807) is 23.7 Å². The number of amides is 1. The van der Waals surface area contributed by atoms with E-state index in [1.807, 2.05) is 40.4 Å². The smallest absolute Gasteiger partial charge is 0.256 e. The topological polar surface area (TPSA) is 72.7 Å². The summed E-state index contributed by atoms with van der Waals surface area (Å²) < 4.78 is 1.86. The molecule has 29 heavy (non-hydrogen) atoms. The number of hydrogen-bond donors (Lipinski definition) is 1. The van der Waals surface area contributed by atoms with Crippen LogP contribution >= 0.6 is 11.3 Å². The van der Waals surface area contributed by atoms with Crippen molar-refractivity contribution in [2.75, 3.05) is 5.32 Å². The Balaban J connectivity index is 1.73. The highest BCUT2D eigenvalue weighted by Gasteiger charge is 2.19. The van der Waals surface area contributed by atoms with E-state index in [2.05, 4.69) is 43.1 Å². The zero-order chi connectivity index (χ0) is 20.5. The molecule has 0 saturated heterocycles. The van der Waals surface area contributed by atoms with E-state index in [4.69, 9.17) is 4.98 Å². The third kappa shape index (κ3) is 3.78. The Morgan fingerprint density at radius 2 is 2.00 bits per heavy atom. The van der Waals surface area contributed by atoms with Crippen LogP contribution in [0, 0.1) is 0 Å². The van der Waals surface area contributed by atoms with Crippen molar-refractivity contribution in [1.29, 1.82) is 0 Å². The van der Waals surface area contributed by atoms with Gasteiger partial charge in [0, 0.05) is 34.6 Å². The molecule has 4 rings (SSSR count). The van der Waals surface area contributed by atoms with Gasteiger partial charge in [0.05, 0.1) is 17.1 Å². The Bertz CT molecular complexity index is 1160. The number of carbonyl (C=O) groups excluding carboxylic acids is 1. The van der Waals surface area contributed by atoms with E-state index in [0.29, 0.717) is 5.56 Å². The molecule has 0 aliphatic carbocycles. The fraction of sp³-hybridized carbons (Fsp3) is 0.273. The van der Waals surface area contributed by atoms with E-state index < -0.39 is 0 Å². The molecule has 148 valence electrons. The van der Waals surface area contributed by atoms with Crippen molar-refractivity contribution in [2.45, 2.75) is 39.7 Å². The predicted octanol–water partition coefficient (Wildman–Crippen LogP) is 5.51. The molecule has 1 aromatic carbocycles. The Labute approximate surface area is 173 Å². The molecular weight excluding hydrogens is 382 g/mol. The first-order chi connectivity index (χ1) is 13.9. The van der Waals surface area contributed by atoms with Crippen LogP contribution in [-0.4, -0.2) is 25.7 Å². The number of thiazole rings is 1. The zero-order valence-corrected chi connectivity index (χ0v) is 17.7. The third-order valence-electron chi connectivity index (χ3n) is 4.71. The highest BCUT2D eigenvalue weighted by atomic mass is 32.1. The second-order valence-electron chi connectivity index (χ2n) is 7.54. The molecule has 3 aromatic heterocycles. The SMILES string of the molecule is CC(C)c1cc(C(=O)Nc2cccc(-c3nccs3)c2)c2cnn(C(C)C)c2n1. The van der Waals surface area contributed by atoms with Crippen molar-refractivity contribution in [3.63, 3.8) is 0 Å². The molecule has 0 fully saturated rings. The van der Waals surface area contributed by atoms with Crippen molar-refractivity contribution in [3.8, 4) is 10.6 Å². The van der Waals surface area contributed by atoms with Crippen molar-refractivity contribution >= 4 is 34.0 Å². The first-order valence-corrected chi connectivity index (χ1v) is 10.5. The highest BCUT2D eigenvalue weighted by molar-refractivity contribution is 7.13. The Morgan fingerprint density at radius 1 is 1.17 bits per heavy atom. The van der Waals surface area contributed by atoms with Crippen molar-refractivity contribution in [1.82, 2.24) is 19.7 Å². The quantitative estimate of drug-likeness (QED) is 0.475. The van der Waals surface area contributed by atoms with E-state index in [1.165, 1.54) is 0 Å². The van der Waals surface area contributed by atoms with Gasteiger partial charge in [-0.1, -0.05) is 26.0 Å². The highest BCUT2D eigenvalue weighted by Crippen LogP contribution is 2.27. The number of fused-ring (bicyclic) bond motifs is 1. The van der Waals surface area contributed by atoms with Crippen LogP contribution in [0.4, 0.5) is 5.69 Å². The fourth-order valence-electron chi connectivity index (χ4n) is 3.19. The summed E-state index contributed by atoms with van der Waals surface area (Å²) in [6.45, 7) is 8.26. The van der Waals surface area contributed by atoms with Gasteiger partial charge in [0.1, 0.15) is 5.01 Å². The van der Waals surface area contributed by atoms with Crippen LogP contribution in [-0.2, 0) is 0 Å². The molecule has 1 amide bonds. The number of hydrogen-bond acceptors (Lipinski definition) is 5. The van der Waals surface area contributed by atoms with Crippen LogP contribution in [0.2, 0.25) is 0 Å². The normalized spacial score (nSPS) is 11.5. The van der Waals surface area contributed by atoms with Gasteiger partial charge in [0.25, 0.3) is 5.91 Å². The minimum Gasteiger partial charge on any atom is -0.322 e. The van der Waals surface area contributed by atoms with Crippen LogP contribution in [0.1, 0.15) is 55.7 Å². The number of nitrogens with zero attached hydrogens (tertiary/aromatic N) is 4. The molecule has 7 heteroatoms. The molecule has 6 nitrogen and oxygen atoms in total. The summed E-state index contributed by atoms with van der Waals surface area (Å²) in [5, 5.41) is 11.1. The molecule has 1 N–H and O–H groups in total. The number of benzene rings is 1. The van der Waals surface area contributed by atoms with Gasteiger partial charge in [-0.25, -0.2) is 14.6 Å². The Kier molecular flexibility index (Phi) is 5.15. The predicted molar refractivity (Wildman–Crippen MR) is 118 cm³/mol. The molecular formula is C22H23N5OS. The fourth-order valence-corrected chi connectivity index (χ4v) is 3.83. The molecule has 0 radical (unpaired) electrons. The Hall–Kier alpha value is -3.06. The van der Waals surface area contributed by atoms with Gasteiger partial charge in [0.2, 0.25) is 0 Å². The average Bonchev–Trinajstić information content (AvgIpc) is 3.37. The largest absolute Gasteiger partial charge is 0.322 e. The lowest BCUT2D eigenvalue weighted by atomic mass is 10.0. The van der Waals surface area contributed by atoms with Gasteiger partial charge < -0.3 is 5.32 Å². The van der Waals surface area contributed by atoms with Crippen molar-refractivity contribution in [3.05, 3.63) is 59.4 Å². The summed E-state index contributed by atoms with van der Waals surface area (Å²) in [6.07, 6.45) is 3.51. The minimum absolute atomic E-state index is 0.160. The molecule has 0 unspecified atom stereocenters. The maximum atomic E-state index is 13.2. The van der Waals surface area contributed by atoms with Crippen LogP contribution in [0.25, 0.3) is 21.6 Å². The number of anilines is 1. The summed E-state index contributed by atoms with van der Waals surface area (Å²) in [6, 6.07) is 9.77. The van der Waals surface area contributed by atoms with Gasteiger partial charge in [-0.2, -0.15) is 5.10 Å². The number of aromatic nitrogens is 4. The zero-order valence-electron chi connectivity index (χ0n) is 16.9. The summed E-state index contributed by atoms with van der Waals surface area (Å²) >= 11 is 1.57. The first-order valence-electron chi connectivity index (χ1n) is 9.63. The lowest BCUT2D eigenvalue weighted by molar-refractivity contribution is 0.102. The van der Waals surface area contributed by atoms with Gasteiger partial charge in [-0.05, 0) is 38.0 Å². The molecule has 0 atom stereocenters. The first kappa shape index (κ1) is 19.3. The molecule has 0 aliphatic heterocycles. The number of rotatable bonds is 5. The molecule has 4 aromatic rings. The van der Waals surface area contributed by atoms with Crippen molar-refractivity contribution < 1.29 is 4.79 Å². The van der Waals surface area contributed by atoms with Crippen LogP contribution in [0.5, 0.6) is 0 Å². The van der Waals surface area contributed by atoms with Crippen LogP contribution in [0.15, 0.2) is 48.1 Å². The molecule has 0 spiro atoms.